The lowest BCUT2D eigenvalue weighted by atomic mass is 9.92. The third-order valence-electron chi connectivity index (χ3n) is 4.03. The van der Waals surface area contributed by atoms with Crippen molar-refractivity contribution in [3.8, 4) is 0 Å². The third kappa shape index (κ3) is 8.93. The highest BCUT2D eigenvalue weighted by Gasteiger charge is 2.18. The van der Waals surface area contributed by atoms with Gasteiger partial charge in [0.05, 0.1) is 6.61 Å². The Balaban J connectivity index is 2.01. The van der Waals surface area contributed by atoms with Gasteiger partial charge in [0.15, 0.2) is 0 Å². The SMILES string of the molecule is CC(C)CCOCCN1CCN(CCC(C)(C)C)CC1. The molecule has 120 valence electrons. The number of piperazine rings is 1. The Morgan fingerprint density at radius 1 is 0.900 bits per heavy atom. The summed E-state index contributed by atoms with van der Waals surface area (Å²) < 4.78 is 5.71. The molecule has 1 saturated heterocycles. The van der Waals surface area contributed by atoms with Crippen molar-refractivity contribution >= 4 is 0 Å². The number of hydrogen-bond donors (Lipinski definition) is 0. The van der Waals surface area contributed by atoms with Crippen LogP contribution in [0.25, 0.3) is 0 Å². The Morgan fingerprint density at radius 3 is 1.95 bits per heavy atom. The van der Waals surface area contributed by atoms with E-state index in [4.69, 9.17) is 4.74 Å². The summed E-state index contributed by atoms with van der Waals surface area (Å²) in [6.07, 6.45) is 2.48. The number of hydrogen-bond acceptors (Lipinski definition) is 3. The van der Waals surface area contributed by atoms with Crippen LogP contribution in [0.15, 0.2) is 0 Å². The molecule has 0 amide bonds. The molecule has 0 aromatic carbocycles. The molecule has 3 heteroatoms. The van der Waals surface area contributed by atoms with Gasteiger partial charge in [-0.3, -0.25) is 4.90 Å². The van der Waals surface area contributed by atoms with Crippen molar-refractivity contribution in [3.05, 3.63) is 0 Å². The van der Waals surface area contributed by atoms with E-state index in [1.165, 1.54) is 45.6 Å². The minimum absolute atomic E-state index is 0.460. The van der Waals surface area contributed by atoms with E-state index in [1.807, 2.05) is 0 Å². The predicted molar refractivity (Wildman–Crippen MR) is 87.2 cm³/mol. The Morgan fingerprint density at radius 2 is 1.45 bits per heavy atom. The fraction of sp³-hybridized carbons (Fsp3) is 1.00. The van der Waals surface area contributed by atoms with Crippen molar-refractivity contribution in [1.82, 2.24) is 9.80 Å². The van der Waals surface area contributed by atoms with E-state index >= 15 is 0 Å². The van der Waals surface area contributed by atoms with Crippen LogP contribution in [0.2, 0.25) is 0 Å². The molecule has 0 saturated carbocycles. The quantitative estimate of drug-likeness (QED) is 0.637. The maximum Gasteiger partial charge on any atom is 0.0593 e. The van der Waals surface area contributed by atoms with Gasteiger partial charge < -0.3 is 9.64 Å². The van der Waals surface area contributed by atoms with Crippen LogP contribution in [0.1, 0.15) is 47.5 Å². The zero-order chi connectivity index (χ0) is 15.0. The van der Waals surface area contributed by atoms with Gasteiger partial charge in [0.25, 0.3) is 0 Å². The van der Waals surface area contributed by atoms with Gasteiger partial charge >= 0.3 is 0 Å². The fourth-order valence-corrected chi connectivity index (χ4v) is 2.34. The molecule has 0 radical (unpaired) electrons. The van der Waals surface area contributed by atoms with E-state index in [2.05, 4.69) is 44.4 Å². The van der Waals surface area contributed by atoms with E-state index in [0.717, 1.165) is 25.7 Å². The average molecular weight is 284 g/mol. The van der Waals surface area contributed by atoms with Gasteiger partial charge in [-0.15, -0.1) is 0 Å². The Labute approximate surface area is 126 Å². The molecule has 1 rings (SSSR count). The second kappa shape index (κ2) is 9.01. The number of nitrogens with zero attached hydrogens (tertiary/aromatic N) is 2. The highest BCUT2D eigenvalue weighted by atomic mass is 16.5. The van der Waals surface area contributed by atoms with Crippen LogP contribution in [-0.2, 0) is 4.74 Å². The molecule has 0 aliphatic carbocycles. The summed E-state index contributed by atoms with van der Waals surface area (Å²) in [5.74, 6) is 0.751. The highest BCUT2D eigenvalue weighted by molar-refractivity contribution is 4.73. The summed E-state index contributed by atoms with van der Waals surface area (Å²) in [4.78, 5) is 5.16. The van der Waals surface area contributed by atoms with Gasteiger partial charge in [-0.2, -0.15) is 0 Å². The second-order valence-electron chi connectivity index (χ2n) is 7.79. The highest BCUT2D eigenvalue weighted by Crippen LogP contribution is 2.19. The van der Waals surface area contributed by atoms with Crippen LogP contribution in [0.4, 0.5) is 0 Å². The molecule has 1 aliphatic heterocycles. The molecule has 0 aromatic rings. The maximum absolute atomic E-state index is 5.71. The zero-order valence-corrected chi connectivity index (χ0v) is 14.5. The van der Waals surface area contributed by atoms with Gasteiger partial charge in [0.2, 0.25) is 0 Å². The van der Waals surface area contributed by atoms with Gasteiger partial charge in [0.1, 0.15) is 0 Å². The zero-order valence-electron chi connectivity index (χ0n) is 14.5. The van der Waals surface area contributed by atoms with Crippen LogP contribution in [0.3, 0.4) is 0 Å². The van der Waals surface area contributed by atoms with E-state index in [0.29, 0.717) is 5.41 Å². The Kier molecular flexibility index (Phi) is 8.08. The van der Waals surface area contributed by atoms with E-state index in [9.17, 15) is 0 Å². The van der Waals surface area contributed by atoms with Gasteiger partial charge in [-0.05, 0) is 30.7 Å². The van der Waals surface area contributed by atoms with Crippen molar-refractivity contribution in [3.63, 3.8) is 0 Å². The first-order chi connectivity index (χ1) is 9.37. The summed E-state index contributed by atoms with van der Waals surface area (Å²) in [5, 5.41) is 0. The molecule has 0 bridgehead atoms. The predicted octanol–water partition coefficient (Wildman–Crippen LogP) is 3.10. The topological polar surface area (TPSA) is 15.7 Å². The van der Waals surface area contributed by atoms with Crippen LogP contribution in [0.5, 0.6) is 0 Å². The van der Waals surface area contributed by atoms with Gasteiger partial charge in [-0.1, -0.05) is 34.6 Å². The monoisotopic (exact) mass is 284 g/mol. The molecular weight excluding hydrogens is 248 g/mol. The maximum atomic E-state index is 5.71. The first kappa shape index (κ1) is 17.9. The molecule has 0 atom stereocenters. The van der Waals surface area contributed by atoms with E-state index in [-0.39, 0.29) is 0 Å². The minimum Gasteiger partial charge on any atom is -0.380 e. The largest absolute Gasteiger partial charge is 0.380 e. The summed E-state index contributed by atoms with van der Waals surface area (Å²) >= 11 is 0. The molecule has 1 fully saturated rings. The van der Waals surface area contributed by atoms with Crippen LogP contribution < -0.4 is 0 Å². The van der Waals surface area contributed by atoms with Crippen molar-refractivity contribution < 1.29 is 4.74 Å². The molecule has 0 unspecified atom stereocenters. The molecule has 0 spiro atoms. The van der Waals surface area contributed by atoms with E-state index < -0.39 is 0 Å². The van der Waals surface area contributed by atoms with Crippen molar-refractivity contribution in [2.24, 2.45) is 11.3 Å². The van der Waals surface area contributed by atoms with Crippen molar-refractivity contribution in [1.29, 1.82) is 0 Å². The van der Waals surface area contributed by atoms with Crippen LogP contribution in [0, 0.1) is 11.3 Å². The molecule has 3 nitrogen and oxygen atoms in total. The van der Waals surface area contributed by atoms with Gasteiger partial charge in [-0.25, -0.2) is 0 Å². The minimum atomic E-state index is 0.460. The molecule has 1 aliphatic rings. The smallest absolute Gasteiger partial charge is 0.0593 e. The van der Waals surface area contributed by atoms with E-state index in [1.54, 1.807) is 0 Å². The first-order valence-electron chi connectivity index (χ1n) is 8.39. The average Bonchev–Trinajstić information content (AvgIpc) is 2.36. The second-order valence-corrected chi connectivity index (χ2v) is 7.79. The van der Waals surface area contributed by atoms with Gasteiger partial charge in [0, 0.05) is 39.3 Å². The molecule has 0 N–H and O–H groups in total. The van der Waals surface area contributed by atoms with Crippen molar-refractivity contribution in [2.45, 2.75) is 47.5 Å². The lowest BCUT2D eigenvalue weighted by molar-refractivity contribution is 0.0686. The van der Waals surface area contributed by atoms with Crippen molar-refractivity contribution in [2.75, 3.05) is 52.5 Å². The molecule has 0 aromatic heterocycles. The first-order valence-corrected chi connectivity index (χ1v) is 8.39. The lowest BCUT2D eigenvalue weighted by Gasteiger charge is -2.35. The van der Waals surface area contributed by atoms with Crippen LogP contribution in [-0.4, -0.2) is 62.3 Å². The summed E-state index contributed by atoms with van der Waals surface area (Å²) in [5.41, 5.74) is 0.460. The molecular formula is C17H36N2O. The Bertz CT molecular complexity index is 240. The number of ether oxygens (including phenoxy) is 1. The molecule has 1 heterocycles. The molecule has 20 heavy (non-hydrogen) atoms. The summed E-state index contributed by atoms with van der Waals surface area (Å²) in [6, 6.07) is 0. The number of rotatable bonds is 8. The normalized spacial score (nSPS) is 18.9. The lowest BCUT2D eigenvalue weighted by Crippen LogP contribution is -2.47. The fourth-order valence-electron chi connectivity index (χ4n) is 2.34. The third-order valence-corrected chi connectivity index (χ3v) is 4.03. The summed E-state index contributed by atoms with van der Waals surface area (Å²) in [6.45, 7) is 20.5. The Hall–Kier alpha value is -0.120. The summed E-state index contributed by atoms with van der Waals surface area (Å²) in [7, 11) is 0. The van der Waals surface area contributed by atoms with Crippen LogP contribution >= 0.6 is 0 Å². The standard InChI is InChI=1S/C17H36N2O/c1-16(2)6-14-20-15-13-19-11-9-18(10-12-19)8-7-17(3,4)5/h16H,6-15H2,1-5H3.